The van der Waals surface area contributed by atoms with Gasteiger partial charge in [0.05, 0.1) is 6.61 Å². The van der Waals surface area contributed by atoms with Crippen LogP contribution in [0.4, 0.5) is 5.69 Å². The van der Waals surface area contributed by atoms with E-state index in [1.807, 2.05) is 43.3 Å². The molecule has 0 aliphatic rings. The number of para-hydroxylation sites is 1. The van der Waals surface area contributed by atoms with Crippen LogP contribution in [-0.4, -0.2) is 19.1 Å². The fraction of sp³-hybridized carbons (Fsp3) is 0.350. The highest BCUT2D eigenvalue weighted by molar-refractivity contribution is 5.92. The molecule has 0 unspecified atom stereocenters. The van der Waals surface area contributed by atoms with E-state index in [2.05, 4.69) is 26.1 Å². The zero-order valence-corrected chi connectivity index (χ0v) is 14.8. The summed E-state index contributed by atoms with van der Waals surface area (Å²) in [5.74, 6) is 1.15. The van der Waals surface area contributed by atoms with Gasteiger partial charge in [-0.3, -0.25) is 4.79 Å². The Bertz CT molecular complexity index is 689. The molecule has 0 bridgehead atoms. The van der Waals surface area contributed by atoms with Gasteiger partial charge in [0.25, 0.3) is 5.91 Å². The van der Waals surface area contributed by atoms with Gasteiger partial charge in [0.1, 0.15) is 11.5 Å². The van der Waals surface area contributed by atoms with Crippen molar-refractivity contribution in [3.05, 3.63) is 54.1 Å². The van der Waals surface area contributed by atoms with Crippen LogP contribution in [0.1, 0.15) is 33.3 Å². The second kappa shape index (κ2) is 7.86. The van der Waals surface area contributed by atoms with Crippen LogP contribution >= 0.6 is 0 Å². The van der Waals surface area contributed by atoms with E-state index in [1.165, 1.54) is 0 Å². The maximum Gasteiger partial charge on any atom is 0.262 e. The molecule has 0 aliphatic heterocycles. The van der Waals surface area contributed by atoms with E-state index in [1.54, 1.807) is 12.1 Å². The summed E-state index contributed by atoms with van der Waals surface area (Å²) in [6.07, 6.45) is 0. The maximum absolute atomic E-state index is 12.2. The predicted molar refractivity (Wildman–Crippen MR) is 96.9 cm³/mol. The Balaban J connectivity index is 1.98. The number of anilines is 1. The SMILES string of the molecule is CCOc1cccc(OCC(=O)Nc2ccccc2C(C)(C)C)c1. The minimum atomic E-state index is -0.187. The number of hydrogen-bond acceptors (Lipinski definition) is 3. The molecular weight excluding hydrogens is 302 g/mol. The summed E-state index contributed by atoms with van der Waals surface area (Å²) in [4.78, 5) is 12.2. The monoisotopic (exact) mass is 327 g/mol. The first kappa shape index (κ1) is 17.9. The van der Waals surface area contributed by atoms with Crippen molar-refractivity contribution < 1.29 is 14.3 Å². The molecule has 2 aromatic carbocycles. The van der Waals surface area contributed by atoms with Crippen molar-refractivity contribution in [3.63, 3.8) is 0 Å². The van der Waals surface area contributed by atoms with Gasteiger partial charge in [-0.25, -0.2) is 0 Å². The second-order valence-corrected chi connectivity index (χ2v) is 6.54. The van der Waals surface area contributed by atoms with Crippen molar-refractivity contribution in [1.82, 2.24) is 0 Å². The van der Waals surface area contributed by atoms with Gasteiger partial charge in [0, 0.05) is 11.8 Å². The third-order valence-corrected chi connectivity index (χ3v) is 3.50. The Kier molecular flexibility index (Phi) is 5.85. The summed E-state index contributed by atoms with van der Waals surface area (Å²) >= 11 is 0. The number of hydrogen-bond donors (Lipinski definition) is 1. The first-order valence-electron chi connectivity index (χ1n) is 8.15. The topological polar surface area (TPSA) is 47.6 Å². The molecule has 0 aliphatic carbocycles. The molecule has 0 spiro atoms. The molecule has 0 aromatic heterocycles. The Morgan fingerprint density at radius 3 is 2.33 bits per heavy atom. The van der Waals surface area contributed by atoms with E-state index in [4.69, 9.17) is 9.47 Å². The fourth-order valence-electron chi connectivity index (χ4n) is 2.40. The van der Waals surface area contributed by atoms with Crippen molar-refractivity contribution in [2.75, 3.05) is 18.5 Å². The van der Waals surface area contributed by atoms with Crippen molar-refractivity contribution >= 4 is 11.6 Å². The highest BCUT2D eigenvalue weighted by Gasteiger charge is 2.18. The number of carbonyl (C=O) groups excluding carboxylic acids is 1. The first-order valence-corrected chi connectivity index (χ1v) is 8.15. The lowest BCUT2D eigenvalue weighted by atomic mass is 9.86. The second-order valence-electron chi connectivity index (χ2n) is 6.54. The van der Waals surface area contributed by atoms with E-state index in [-0.39, 0.29) is 17.9 Å². The molecule has 4 nitrogen and oxygen atoms in total. The lowest BCUT2D eigenvalue weighted by Gasteiger charge is -2.23. The predicted octanol–water partition coefficient (Wildman–Crippen LogP) is 4.40. The Morgan fingerprint density at radius 2 is 1.67 bits per heavy atom. The minimum Gasteiger partial charge on any atom is -0.494 e. The molecule has 2 aromatic rings. The summed E-state index contributed by atoms with van der Waals surface area (Å²) in [5.41, 5.74) is 1.87. The average Bonchev–Trinajstić information content (AvgIpc) is 2.53. The maximum atomic E-state index is 12.2. The molecule has 0 radical (unpaired) electrons. The van der Waals surface area contributed by atoms with Crippen LogP contribution in [-0.2, 0) is 10.2 Å². The van der Waals surface area contributed by atoms with Gasteiger partial charge in [-0.15, -0.1) is 0 Å². The van der Waals surface area contributed by atoms with Gasteiger partial charge in [-0.05, 0) is 36.1 Å². The highest BCUT2D eigenvalue weighted by atomic mass is 16.5. The Hall–Kier alpha value is -2.49. The molecule has 2 rings (SSSR count). The van der Waals surface area contributed by atoms with Crippen LogP contribution in [0.2, 0.25) is 0 Å². The number of amides is 1. The number of rotatable bonds is 6. The Labute approximate surface area is 143 Å². The van der Waals surface area contributed by atoms with Gasteiger partial charge in [0.2, 0.25) is 0 Å². The summed E-state index contributed by atoms with van der Waals surface area (Å²) in [5, 5.41) is 2.93. The first-order chi connectivity index (χ1) is 11.4. The largest absolute Gasteiger partial charge is 0.494 e. The summed E-state index contributed by atoms with van der Waals surface area (Å²) < 4.78 is 11.0. The van der Waals surface area contributed by atoms with Crippen molar-refractivity contribution in [1.29, 1.82) is 0 Å². The van der Waals surface area contributed by atoms with Crippen LogP contribution in [0, 0.1) is 0 Å². The molecule has 1 amide bonds. The molecule has 0 fully saturated rings. The summed E-state index contributed by atoms with van der Waals surface area (Å²) in [6, 6.07) is 15.1. The van der Waals surface area contributed by atoms with E-state index in [0.29, 0.717) is 12.4 Å². The molecule has 1 N–H and O–H groups in total. The molecule has 0 heterocycles. The van der Waals surface area contributed by atoms with E-state index in [9.17, 15) is 4.79 Å². The average molecular weight is 327 g/mol. The number of benzene rings is 2. The van der Waals surface area contributed by atoms with E-state index >= 15 is 0 Å². The third kappa shape index (κ3) is 5.01. The quantitative estimate of drug-likeness (QED) is 0.855. The van der Waals surface area contributed by atoms with Gasteiger partial charge < -0.3 is 14.8 Å². The molecule has 0 saturated carbocycles. The lowest BCUT2D eigenvalue weighted by Crippen LogP contribution is -2.23. The standard InChI is InChI=1S/C20H25NO3/c1-5-23-15-9-8-10-16(13-15)24-14-19(22)21-18-12-7-6-11-17(18)20(2,3)4/h6-13H,5,14H2,1-4H3,(H,21,22). The number of ether oxygens (including phenoxy) is 2. The number of nitrogens with one attached hydrogen (secondary N) is 1. The van der Waals surface area contributed by atoms with E-state index in [0.717, 1.165) is 17.0 Å². The smallest absolute Gasteiger partial charge is 0.262 e. The molecule has 24 heavy (non-hydrogen) atoms. The summed E-state index contributed by atoms with van der Waals surface area (Å²) in [6.45, 7) is 8.82. The molecular formula is C20H25NO3. The summed E-state index contributed by atoms with van der Waals surface area (Å²) in [7, 11) is 0. The normalized spacial score (nSPS) is 11.0. The minimum absolute atomic E-state index is 0.0451. The fourth-order valence-corrected chi connectivity index (χ4v) is 2.40. The van der Waals surface area contributed by atoms with E-state index < -0.39 is 0 Å². The molecule has 0 saturated heterocycles. The molecule has 0 atom stereocenters. The third-order valence-electron chi connectivity index (χ3n) is 3.50. The lowest BCUT2D eigenvalue weighted by molar-refractivity contribution is -0.118. The molecule has 128 valence electrons. The number of carbonyl (C=O) groups is 1. The molecule has 4 heteroatoms. The van der Waals surface area contributed by atoms with Crippen LogP contribution < -0.4 is 14.8 Å². The highest BCUT2D eigenvalue weighted by Crippen LogP contribution is 2.29. The van der Waals surface area contributed by atoms with Gasteiger partial charge in [-0.1, -0.05) is 45.0 Å². The van der Waals surface area contributed by atoms with Crippen molar-refractivity contribution in [2.45, 2.75) is 33.1 Å². The van der Waals surface area contributed by atoms with Gasteiger partial charge >= 0.3 is 0 Å². The van der Waals surface area contributed by atoms with Crippen LogP contribution in [0.25, 0.3) is 0 Å². The zero-order chi connectivity index (χ0) is 17.6. The van der Waals surface area contributed by atoms with Crippen LogP contribution in [0.5, 0.6) is 11.5 Å². The Morgan fingerprint density at radius 1 is 1.00 bits per heavy atom. The van der Waals surface area contributed by atoms with Gasteiger partial charge in [0.15, 0.2) is 6.61 Å². The van der Waals surface area contributed by atoms with Crippen molar-refractivity contribution in [3.8, 4) is 11.5 Å². The van der Waals surface area contributed by atoms with Crippen LogP contribution in [0.3, 0.4) is 0 Å². The van der Waals surface area contributed by atoms with Crippen LogP contribution in [0.15, 0.2) is 48.5 Å². The van der Waals surface area contributed by atoms with Gasteiger partial charge in [-0.2, -0.15) is 0 Å². The zero-order valence-electron chi connectivity index (χ0n) is 14.8. The van der Waals surface area contributed by atoms with Crippen molar-refractivity contribution in [2.24, 2.45) is 0 Å².